The summed E-state index contributed by atoms with van der Waals surface area (Å²) in [5.74, 6) is 0.795. The second kappa shape index (κ2) is 5.12. The van der Waals surface area contributed by atoms with E-state index in [4.69, 9.17) is 11.6 Å². The van der Waals surface area contributed by atoms with E-state index in [1.165, 1.54) is 19.3 Å². The first-order valence-electron chi connectivity index (χ1n) is 5.11. The van der Waals surface area contributed by atoms with Crippen LogP contribution in [0.15, 0.2) is 12.4 Å². The van der Waals surface area contributed by atoms with Crippen LogP contribution in [-0.2, 0) is 0 Å². The van der Waals surface area contributed by atoms with Crippen LogP contribution in [0.2, 0.25) is 5.02 Å². The second-order valence-corrected chi connectivity index (χ2v) is 4.78. The summed E-state index contributed by atoms with van der Waals surface area (Å²) in [5.41, 5.74) is 0. The van der Waals surface area contributed by atoms with E-state index in [-0.39, 0.29) is 0 Å². The van der Waals surface area contributed by atoms with Crippen molar-refractivity contribution in [2.75, 3.05) is 16.8 Å². The Hall–Kier alpha value is -0.350. The lowest BCUT2D eigenvalue weighted by molar-refractivity contribution is 0.483. The van der Waals surface area contributed by atoms with Crippen LogP contribution in [0, 0.1) is 0 Å². The Morgan fingerprint density at radius 1 is 1.40 bits per heavy atom. The Kier molecular flexibility index (Phi) is 3.81. The molecule has 0 aromatic carbocycles. The SMILES string of the molecule is Clc1cnc(N2CCCCC2CBr)nc1. The second-order valence-electron chi connectivity index (χ2n) is 3.70. The van der Waals surface area contributed by atoms with Crippen LogP contribution in [0.4, 0.5) is 5.95 Å². The number of alkyl halides is 1. The highest BCUT2D eigenvalue weighted by Crippen LogP contribution is 2.23. The quantitative estimate of drug-likeness (QED) is 0.784. The van der Waals surface area contributed by atoms with Gasteiger partial charge in [-0.05, 0) is 19.3 Å². The number of rotatable bonds is 2. The van der Waals surface area contributed by atoms with Gasteiger partial charge in [0.2, 0.25) is 5.95 Å². The molecule has 1 aromatic rings. The van der Waals surface area contributed by atoms with Gasteiger partial charge >= 0.3 is 0 Å². The molecule has 0 amide bonds. The molecule has 0 N–H and O–H groups in total. The Balaban J connectivity index is 2.16. The maximum Gasteiger partial charge on any atom is 0.225 e. The van der Waals surface area contributed by atoms with Crippen molar-refractivity contribution in [2.45, 2.75) is 25.3 Å². The van der Waals surface area contributed by atoms with E-state index in [9.17, 15) is 0 Å². The molecule has 0 saturated carbocycles. The molecule has 1 aromatic heterocycles. The van der Waals surface area contributed by atoms with E-state index in [1.807, 2.05) is 0 Å². The van der Waals surface area contributed by atoms with E-state index in [0.29, 0.717) is 11.1 Å². The molecule has 1 aliphatic heterocycles. The van der Waals surface area contributed by atoms with Gasteiger partial charge in [-0.25, -0.2) is 9.97 Å². The van der Waals surface area contributed by atoms with E-state index in [0.717, 1.165) is 17.8 Å². The van der Waals surface area contributed by atoms with E-state index < -0.39 is 0 Å². The number of piperidine rings is 1. The molecule has 1 fully saturated rings. The van der Waals surface area contributed by atoms with Crippen LogP contribution >= 0.6 is 27.5 Å². The summed E-state index contributed by atoms with van der Waals surface area (Å²) in [4.78, 5) is 10.8. The monoisotopic (exact) mass is 289 g/mol. The summed E-state index contributed by atoms with van der Waals surface area (Å²) in [5, 5.41) is 1.56. The fraction of sp³-hybridized carbons (Fsp3) is 0.600. The molecule has 0 radical (unpaired) electrons. The normalized spacial score (nSPS) is 21.7. The molecule has 15 heavy (non-hydrogen) atoms. The van der Waals surface area contributed by atoms with Gasteiger partial charge < -0.3 is 4.90 Å². The third-order valence-electron chi connectivity index (χ3n) is 2.67. The molecule has 5 heteroatoms. The lowest BCUT2D eigenvalue weighted by Crippen LogP contribution is -2.41. The van der Waals surface area contributed by atoms with Crippen molar-refractivity contribution in [3.8, 4) is 0 Å². The number of anilines is 1. The van der Waals surface area contributed by atoms with E-state index in [1.54, 1.807) is 12.4 Å². The Labute approximate surface area is 103 Å². The van der Waals surface area contributed by atoms with Crippen LogP contribution in [0.25, 0.3) is 0 Å². The van der Waals surface area contributed by atoms with Crippen LogP contribution in [0.3, 0.4) is 0 Å². The van der Waals surface area contributed by atoms with Crippen molar-refractivity contribution in [1.82, 2.24) is 9.97 Å². The van der Waals surface area contributed by atoms with E-state index >= 15 is 0 Å². The molecular formula is C10H13BrClN3. The van der Waals surface area contributed by atoms with Crippen molar-refractivity contribution in [3.05, 3.63) is 17.4 Å². The Morgan fingerprint density at radius 3 is 2.80 bits per heavy atom. The third kappa shape index (κ3) is 2.61. The zero-order valence-corrected chi connectivity index (χ0v) is 10.7. The fourth-order valence-corrected chi connectivity index (χ4v) is 2.65. The molecule has 1 unspecified atom stereocenters. The predicted molar refractivity (Wildman–Crippen MR) is 65.8 cm³/mol. The Morgan fingerprint density at radius 2 is 2.13 bits per heavy atom. The molecule has 0 aliphatic carbocycles. The summed E-state index contributed by atoms with van der Waals surface area (Å²) < 4.78 is 0. The smallest absolute Gasteiger partial charge is 0.225 e. The molecule has 1 atom stereocenters. The van der Waals surface area contributed by atoms with Gasteiger partial charge in [0.25, 0.3) is 0 Å². The largest absolute Gasteiger partial charge is 0.337 e. The van der Waals surface area contributed by atoms with Gasteiger partial charge in [-0.2, -0.15) is 0 Å². The molecule has 3 nitrogen and oxygen atoms in total. The first-order valence-corrected chi connectivity index (χ1v) is 6.61. The van der Waals surface area contributed by atoms with Crippen molar-refractivity contribution in [3.63, 3.8) is 0 Å². The van der Waals surface area contributed by atoms with Gasteiger partial charge in [-0.15, -0.1) is 0 Å². The van der Waals surface area contributed by atoms with Crippen LogP contribution in [-0.4, -0.2) is 27.9 Å². The van der Waals surface area contributed by atoms with Gasteiger partial charge in [-0.3, -0.25) is 0 Å². The van der Waals surface area contributed by atoms with Crippen LogP contribution < -0.4 is 4.90 Å². The molecule has 1 saturated heterocycles. The third-order valence-corrected chi connectivity index (χ3v) is 3.61. The summed E-state index contributed by atoms with van der Waals surface area (Å²) in [6.45, 7) is 1.04. The average molecular weight is 291 g/mol. The van der Waals surface area contributed by atoms with Crippen molar-refractivity contribution >= 4 is 33.5 Å². The number of hydrogen-bond donors (Lipinski definition) is 0. The average Bonchev–Trinajstić information content (AvgIpc) is 2.30. The summed E-state index contributed by atoms with van der Waals surface area (Å²) >= 11 is 9.31. The number of hydrogen-bond acceptors (Lipinski definition) is 3. The Bertz CT molecular complexity index is 317. The zero-order valence-electron chi connectivity index (χ0n) is 8.37. The summed E-state index contributed by atoms with van der Waals surface area (Å²) in [7, 11) is 0. The van der Waals surface area contributed by atoms with Crippen molar-refractivity contribution < 1.29 is 0 Å². The zero-order chi connectivity index (χ0) is 10.7. The lowest BCUT2D eigenvalue weighted by atomic mass is 10.0. The predicted octanol–water partition coefficient (Wildman–Crippen LogP) is 2.88. The first kappa shape index (κ1) is 11.1. The molecule has 0 bridgehead atoms. The minimum atomic E-state index is 0.514. The molecule has 82 valence electrons. The standard InChI is InChI=1S/C10H13BrClN3/c11-5-9-3-1-2-4-15(9)10-13-6-8(12)7-14-10/h6-7,9H,1-5H2. The summed E-state index contributed by atoms with van der Waals surface area (Å²) in [6, 6.07) is 0.514. The van der Waals surface area contributed by atoms with Crippen LogP contribution in [0.5, 0.6) is 0 Å². The van der Waals surface area contributed by atoms with Gasteiger partial charge in [0.15, 0.2) is 0 Å². The van der Waals surface area contributed by atoms with Gasteiger partial charge in [0.1, 0.15) is 0 Å². The first-order chi connectivity index (χ1) is 7.31. The van der Waals surface area contributed by atoms with E-state index in [2.05, 4.69) is 30.8 Å². The van der Waals surface area contributed by atoms with Gasteiger partial charge in [-0.1, -0.05) is 27.5 Å². The molecule has 0 spiro atoms. The maximum atomic E-state index is 5.77. The minimum Gasteiger partial charge on any atom is -0.337 e. The highest BCUT2D eigenvalue weighted by molar-refractivity contribution is 9.09. The maximum absolute atomic E-state index is 5.77. The number of halogens is 2. The van der Waals surface area contributed by atoms with Crippen LogP contribution in [0.1, 0.15) is 19.3 Å². The molecule has 2 heterocycles. The minimum absolute atomic E-state index is 0.514. The number of nitrogens with zero attached hydrogens (tertiary/aromatic N) is 3. The lowest BCUT2D eigenvalue weighted by Gasteiger charge is -2.34. The highest BCUT2D eigenvalue weighted by Gasteiger charge is 2.23. The van der Waals surface area contributed by atoms with Gasteiger partial charge in [0.05, 0.1) is 17.4 Å². The van der Waals surface area contributed by atoms with Gasteiger partial charge in [0, 0.05) is 17.9 Å². The number of aromatic nitrogens is 2. The summed E-state index contributed by atoms with van der Waals surface area (Å²) in [6.07, 6.45) is 7.03. The molecule has 2 rings (SSSR count). The molecular weight excluding hydrogens is 277 g/mol. The molecule has 1 aliphatic rings. The highest BCUT2D eigenvalue weighted by atomic mass is 79.9. The van der Waals surface area contributed by atoms with Crippen molar-refractivity contribution in [1.29, 1.82) is 0 Å². The topological polar surface area (TPSA) is 29.0 Å². The van der Waals surface area contributed by atoms with Crippen molar-refractivity contribution in [2.24, 2.45) is 0 Å². The fourth-order valence-electron chi connectivity index (χ4n) is 1.88.